The number of fused-ring (bicyclic) bond motifs is 1. The molecule has 1 unspecified atom stereocenters. The van der Waals surface area contributed by atoms with Gasteiger partial charge in [0.2, 0.25) is 5.91 Å². The number of nitrogens with one attached hydrogen (secondary N) is 1. The quantitative estimate of drug-likeness (QED) is 0.902. The molecule has 1 amide bonds. The predicted molar refractivity (Wildman–Crippen MR) is 85.1 cm³/mol. The summed E-state index contributed by atoms with van der Waals surface area (Å²) in [6.45, 7) is 6.26. The van der Waals surface area contributed by atoms with Gasteiger partial charge in [-0.2, -0.15) is 0 Å². The van der Waals surface area contributed by atoms with Crippen LogP contribution in [0.5, 0.6) is 0 Å². The standard InChI is InChI=1S/C18H26N2O/c1-13(2)10-12-20(15-7-8-15)18(21)17-16-6-4-3-5-14(16)9-11-19-17/h3-6,13,15,17,19H,7-12H2,1-2H3. The zero-order chi connectivity index (χ0) is 14.8. The largest absolute Gasteiger partial charge is 0.338 e. The van der Waals surface area contributed by atoms with Crippen molar-refractivity contribution in [2.75, 3.05) is 13.1 Å². The zero-order valence-corrected chi connectivity index (χ0v) is 13.1. The van der Waals surface area contributed by atoms with Crippen LogP contribution in [0.15, 0.2) is 24.3 Å². The van der Waals surface area contributed by atoms with Crippen LogP contribution in [-0.4, -0.2) is 29.9 Å². The number of carbonyl (C=O) groups excluding carboxylic acids is 1. The van der Waals surface area contributed by atoms with Gasteiger partial charge in [-0.05, 0) is 42.7 Å². The lowest BCUT2D eigenvalue weighted by Gasteiger charge is -2.32. The van der Waals surface area contributed by atoms with Gasteiger partial charge in [0.15, 0.2) is 0 Å². The Balaban J connectivity index is 1.77. The molecular formula is C18H26N2O. The summed E-state index contributed by atoms with van der Waals surface area (Å²) in [7, 11) is 0. The van der Waals surface area contributed by atoms with Crippen molar-refractivity contribution in [1.29, 1.82) is 0 Å². The fraction of sp³-hybridized carbons (Fsp3) is 0.611. The third kappa shape index (κ3) is 3.29. The smallest absolute Gasteiger partial charge is 0.244 e. The summed E-state index contributed by atoms with van der Waals surface area (Å²) in [6.07, 6.45) is 4.47. The van der Waals surface area contributed by atoms with Crippen LogP contribution in [0.1, 0.15) is 50.3 Å². The van der Waals surface area contributed by atoms with Gasteiger partial charge in [-0.15, -0.1) is 0 Å². The average molecular weight is 286 g/mol. The van der Waals surface area contributed by atoms with Crippen molar-refractivity contribution in [3.8, 4) is 0 Å². The van der Waals surface area contributed by atoms with E-state index in [1.165, 1.54) is 24.0 Å². The zero-order valence-electron chi connectivity index (χ0n) is 13.1. The highest BCUT2D eigenvalue weighted by Crippen LogP contribution is 2.32. The molecular weight excluding hydrogens is 260 g/mol. The van der Waals surface area contributed by atoms with Crippen LogP contribution >= 0.6 is 0 Å². The number of carbonyl (C=O) groups is 1. The van der Waals surface area contributed by atoms with E-state index < -0.39 is 0 Å². The summed E-state index contributed by atoms with van der Waals surface area (Å²) in [5, 5.41) is 3.43. The van der Waals surface area contributed by atoms with Crippen LogP contribution < -0.4 is 5.32 Å². The molecule has 1 N–H and O–H groups in total. The molecule has 1 atom stereocenters. The van der Waals surface area contributed by atoms with Crippen LogP contribution in [0, 0.1) is 5.92 Å². The van der Waals surface area contributed by atoms with Crippen molar-refractivity contribution >= 4 is 5.91 Å². The first-order valence-electron chi connectivity index (χ1n) is 8.28. The Hall–Kier alpha value is -1.35. The van der Waals surface area contributed by atoms with Crippen molar-refractivity contribution < 1.29 is 4.79 Å². The Morgan fingerprint density at radius 1 is 1.33 bits per heavy atom. The first-order chi connectivity index (χ1) is 10.2. The highest BCUT2D eigenvalue weighted by molar-refractivity contribution is 5.84. The van der Waals surface area contributed by atoms with Crippen molar-refractivity contribution in [2.45, 2.75) is 51.6 Å². The number of benzene rings is 1. The minimum Gasteiger partial charge on any atom is -0.338 e. The van der Waals surface area contributed by atoms with Gasteiger partial charge in [0, 0.05) is 19.1 Å². The number of amides is 1. The van der Waals surface area contributed by atoms with E-state index in [0.29, 0.717) is 12.0 Å². The van der Waals surface area contributed by atoms with Crippen molar-refractivity contribution in [2.24, 2.45) is 5.92 Å². The molecule has 114 valence electrons. The summed E-state index contributed by atoms with van der Waals surface area (Å²) < 4.78 is 0. The van der Waals surface area contributed by atoms with Crippen LogP contribution in [-0.2, 0) is 11.2 Å². The van der Waals surface area contributed by atoms with E-state index in [9.17, 15) is 4.79 Å². The van der Waals surface area contributed by atoms with E-state index in [1.54, 1.807) is 0 Å². The highest BCUT2D eigenvalue weighted by atomic mass is 16.2. The van der Waals surface area contributed by atoms with Gasteiger partial charge in [0.05, 0.1) is 0 Å². The fourth-order valence-corrected chi connectivity index (χ4v) is 3.15. The third-order valence-corrected chi connectivity index (χ3v) is 4.57. The normalized spacial score (nSPS) is 21.2. The molecule has 1 aromatic rings. The number of hydrogen-bond acceptors (Lipinski definition) is 2. The number of rotatable bonds is 5. The Labute approximate surface area is 127 Å². The second kappa shape index (κ2) is 6.18. The molecule has 1 aromatic carbocycles. The molecule has 3 nitrogen and oxygen atoms in total. The Morgan fingerprint density at radius 3 is 2.81 bits per heavy atom. The van der Waals surface area contributed by atoms with Crippen molar-refractivity contribution in [1.82, 2.24) is 10.2 Å². The van der Waals surface area contributed by atoms with Crippen LogP contribution in [0.25, 0.3) is 0 Å². The van der Waals surface area contributed by atoms with E-state index in [1.807, 2.05) is 6.07 Å². The van der Waals surface area contributed by atoms with Crippen molar-refractivity contribution in [3.05, 3.63) is 35.4 Å². The molecule has 21 heavy (non-hydrogen) atoms. The molecule has 1 saturated carbocycles. The molecule has 1 aliphatic heterocycles. The number of nitrogens with zero attached hydrogens (tertiary/aromatic N) is 1. The summed E-state index contributed by atoms with van der Waals surface area (Å²) >= 11 is 0. The maximum Gasteiger partial charge on any atom is 0.244 e. The minimum atomic E-state index is -0.136. The summed E-state index contributed by atoms with van der Waals surface area (Å²) in [6, 6.07) is 8.74. The maximum absolute atomic E-state index is 13.0. The molecule has 0 bridgehead atoms. The third-order valence-electron chi connectivity index (χ3n) is 4.57. The first-order valence-corrected chi connectivity index (χ1v) is 8.28. The molecule has 0 saturated heterocycles. The molecule has 0 spiro atoms. The van der Waals surface area contributed by atoms with E-state index in [-0.39, 0.29) is 11.9 Å². The lowest BCUT2D eigenvalue weighted by molar-refractivity contribution is -0.134. The van der Waals surface area contributed by atoms with E-state index >= 15 is 0 Å². The molecule has 0 radical (unpaired) electrons. The monoisotopic (exact) mass is 286 g/mol. The van der Waals surface area contributed by atoms with Gasteiger partial charge in [-0.3, -0.25) is 4.79 Å². The van der Waals surface area contributed by atoms with Gasteiger partial charge in [-0.25, -0.2) is 0 Å². The predicted octanol–water partition coefficient (Wildman–Crippen LogP) is 2.91. The highest BCUT2D eigenvalue weighted by Gasteiger charge is 2.37. The van der Waals surface area contributed by atoms with Crippen LogP contribution in [0.2, 0.25) is 0 Å². The van der Waals surface area contributed by atoms with Gasteiger partial charge in [0.1, 0.15) is 6.04 Å². The molecule has 0 aromatic heterocycles. The molecule has 3 heteroatoms. The molecule has 1 heterocycles. The fourth-order valence-electron chi connectivity index (χ4n) is 3.15. The van der Waals surface area contributed by atoms with Crippen LogP contribution in [0.3, 0.4) is 0 Å². The van der Waals surface area contributed by atoms with Gasteiger partial charge in [0.25, 0.3) is 0 Å². The first kappa shape index (κ1) is 14.6. The number of hydrogen-bond donors (Lipinski definition) is 1. The lowest BCUT2D eigenvalue weighted by atomic mass is 9.93. The van der Waals surface area contributed by atoms with Gasteiger partial charge in [-0.1, -0.05) is 38.1 Å². The van der Waals surface area contributed by atoms with Crippen molar-refractivity contribution in [3.63, 3.8) is 0 Å². The van der Waals surface area contributed by atoms with Gasteiger partial charge < -0.3 is 10.2 Å². The Morgan fingerprint density at radius 2 is 2.10 bits per heavy atom. The SMILES string of the molecule is CC(C)CCN(C(=O)C1NCCc2ccccc21)C1CC1. The second-order valence-corrected chi connectivity index (χ2v) is 6.78. The molecule has 3 rings (SSSR count). The molecule has 2 aliphatic rings. The maximum atomic E-state index is 13.0. The molecule has 1 fully saturated rings. The Kier molecular flexibility index (Phi) is 4.29. The van der Waals surface area contributed by atoms with Gasteiger partial charge >= 0.3 is 0 Å². The summed E-state index contributed by atoms with van der Waals surface area (Å²) in [4.78, 5) is 15.2. The summed E-state index contributed by atoms with van der Waals surface area (Å²) in [5.41, 5.74) is 2.51. The van der Waals surface area contributed by atoms with E-state index in [2.05, 4.69) is 42.3 Å². The Bertz CT molecular complexity index is 508. The van der Waals surface area contributed by atoms with E-state index in [0.717, 1.165) is 25.9 Å². The topological polar surface area (TPSA) is 32.3 Å². The van der Waals surface area contributed by atoms with E-state index in [4.69, 9.17) is 0 Å². The van der Waals surface area contributed by atoms with Crippen LogP contribution in [0.4, 0.5) is 0 Å². The molecule has 1 aliphatic carbocycles. The summed E-state index contributed by atoms with van der Waals surface area (Å²) in [5.74, 6) is 0.927. The second-order valence-electron chi connectivity index (χ2n) is 6.78. The lowest BCUT2D eigenvalue weighted by Crippen LogP contribution is -2.45. The minimum absolute atomic E-state index is 0.136. The average Bonchev–Trinajstić information content (AvgIpc) is 3.31.